The number of hydrogen-bond donors (Lipinski definition) is 1. The number of benzene rings is 2. The molecular weight excluding hydrogens is 280 g/mol. The van der Waals surface area contributed by atoms with Gasteiger partial charge in [-0.05, 0) is 30.4 Å². The standard InChI is InChI=1S/C21H24N2/c1-2-10-16-21(18-13-7-4-8-14-18)19(15-9-1)22-23-20(21)17-11-5-3-6-12-17/h3-8,11-14,20,23H,1-2,9-10,15-16H2/t20-,21+/m0/s1. The SMILES string of the molecule is c1ccc([C@@H]2NN=C3CCCCCC[C@@]32c2ccccc2)cc1. The average molecular weight is 304 g/mol. The van der Waals surface area contributed by atoms with Gasteiger partial charge in [0.1, 0.15) is 0 Å². The van der Waals surface area contributed by atoms with Crippen LogP contribution in [0.3, 0.4) is 0 Å². The van der Waals surface area contributed by atoms with Gasteiger partial charge in [0.2, 0.25) is 0 Å². The van der Waals surface area contributed by atoms with Gasteiger partial charge in [-0.2, -0.15) is 5.10 Å². The second-order valence-corrected chi connectivity index (χ2v) is 6.78. The Balaban J connectivity index is 1.84. The van der Waals surface area contributed by atoms with Crippen molar-refractivity contribution < 1.29 is 0 Å². The Morgan fingerprint density at radius 2 is 1.52 bits per heavy atom. The van der Waals surface area contributed by atoms with Crippen LogP contribution in [0.2, 0.25) is 0 Å². The monoisotopic (exact) mass is 304 g/mol. The van der Waals surface area contributed by atoms with Crippen LogP contribution >= 0.6 is 0 Å². The van der Waals surface area contributed by atoms with Crippen molar-refractivity contribution in [3.8, 4) is 0 Å². The Morgan fingerprint density at radius 3 is 2.30 bits per heavy atom. The molecule has 1 saturated carbocycles. The molecule has 0 aromatic heterocycles. The zero-order chi connectivity index (χ0) is 15.5. The average Bonchev–Trinajstić information content (AvgIpc) is 2.95. The van der Waals surface area contributed by atoms with Crippen LogP contribution in [0.1, 0.15) is 55.7 Å². The Hall–Kier alpha value is -2.09. The summed E-state index contributed by atoms with van der Waals surface area (Å²) in [5.74, 6) is 0. The normalized spacial score (nSPS) is 27.3. The van der Waals surface area contributed by atoms with E-state index in [1.807, 2.05) is 0 Å². The highest BCUT2D eigenvalue weighted by molar-refractivity contribution is 5.97. The second-order valence-electron chi connectivity index (χ2n) is 6.78. The van der Waals surface area contributed by atoms with Gasteiger partial charge in [-0.3, -0.25) is 0 Å². The fraction of sp³-hybridized carbons (Fsp3) is 0.381. The van der Waals surface area contributed by atoms with E-state index in [-0.39, 0.29) is 11.5 Å². The van der Waals surface area contributed by atoms with Gasteiger partial charge >= 0.3 is 0 Å². The lowest BCUT2D eigenvalue weighted by atomic mass is 9.64. The fourth-order valence-corrected chi connectivity index (χ4v) is 4.35. The molecule has 2 aliphatic rings. The molecule has 4 rings (SSSR count). The minimum atomic E-state index is 0.0169. The van der Waals surface area contributed by atoms with Gasteiger partial charge in [0, 0.05) is 0 Å². The van der Waals surface area contributed by atoms with E-state index in [9.17, 15) is 0 Å². The molecule has 1 N–H and O–H groups in total. The molecular formula is C21H24N2. The highest BCUT2D eigenvalue weighted by Gasteiger charge is 2.48. The first-order chi connectivity index (χ1) is 11.4. The highest BCUT2D eigenvalue weighted by Crippen LogP contribution is 2.48. The zero-order valence-corrected chi connectivity index (χ0v) is 13.5. The number of nitrogens with one attached hydrogen (secondary N) is 1. The molecule has 0 spiro atoms. The van der Waals surface area contributed by atoms with Crippen LogP contribution < -0.4 is 5.43 Å². The molecule has 0 unspecified atom stereocenters. The van der Waals surface area contributed by atoms with E-state index in [2.05, 4.69) is 66.1 Å². The number of hydrazone groups is 1. The summed E-state index contributed by atoms with van der Waals surface area (Å²) in [6.45, 7) is 0. The van der Waals surface area contributed by atoms with Crippen molar-refractivity contribution in [1.29, 1.82) is 0 Å². The van der Waals surface area contributed by atoms with Crippen LogP contribution in [0.25, 0.3) is 0 Å². The Labute approximate surface area is 138 Å². The molecule has 0 radical (unpaired) electrons. The predicted octanol–water partition coefficient (Wildman–Crippen LogP) is 4.98. The molecule has 23 heavy (non-hydrogen) atoms. The third-order valence-electron chi connectivity index (χ3n) is 5.49. The van der Waals surface area contributed by atoms with Crippen LogP contribution in [-0.4, -0.2) is 5.71 Å². The lowest BCUT2D eigenvalue weighted by Gasteiger charge is -2.38. The summed E-state index contributed by atoms with van der Waals surface area (Å²) >= 11 is 0. The van der Waals surface area contributed by atoms with E-state index < -0.39 is 0 Å². The van der Waals surface area contributed by atoms with Crippen LogP contribution in [0.4, 0.5) is 0 Å². The molecule has 2 atom stereocenters. The quantitative estimate of drug-likeness (QED) is 0.831. The van der Waals surface area contributed by atoms with Gasteiger partial charge in [-0.15, -0.1) is 0 Å². The summed E-state index contributed by atoms with van der Waals surface area (Å²) in [6, 6.07) is 22.1. The topological polar surface area (TPSA) is 24.4 Å². The first-order valence-electron chi connectivity index (χ1n) is 8.84. The number of fused-ring (bicyclic) bond motifs is 1. The number of rotatable bonds is 2. The molecule has 1 aliphatic carbocycles. The van der Waals surface area contributed by atoms with Gasteiger partial charge in [0.05, 0.1) is 17.2 Å². The maximum Gasteiger partial charge on any atom is 0.0839 e. The third kappa shape index (κ3) is 2.46. The Kier molecular flexibility index (Phi) is 3.90. The van der Waals surface area contributed by atoms with Gasteiger partial charge in [0.25, 0.3) is 0 Å². The molecule has 2 aromatic carbocycles. The van der Waals surface area contributed by atoms with E-state index in [1.54, 1.807) is 0 Å². The molecule has 0 saturated heterocycles. The van der Waals surface area contributed by atoms with Crippen molar-refractivity contribution in [1.82, 2.24) is 5.43 Å². The van der Waals surface area contributed by atoms with Crippen LogP contribution in [-0.2, 0) is 5.41 Å². The van der Waals surface area contributed by atoms with E-state index in [4.69, 9.17) is 5.10 Å². The van der Waals surface area contributed by atoms with Crippen molar-refractivity contribution in [3.05, 3.63) is 71.8 Å². The van der Waals surface area contributed by atoms with Crippen molar-refractivity contribution in [2.24, 2.45) is 5.10 Å². The van der Waals surface area contributed by atoms with Gasteiger partial charge in [-0.25, -0.2) is 0 Å². The first-order valence-corrected chi connectivity index (χ1v) is 8.84. The second kappa shape index (κ2) is 6.19. The lowest BCUT2D eigenvalue weighted by molar-refractivity contribution is 0.377. The maximum atomic E-state index is 4.83. The molecule has 118 valence electrons. The van der Waals surface area contributed by atoms with Crippen LogP contribution in [0.5, 0.6) is 0 Å². The Bertz CT molecular complexity index is 678. The summed E-state index contributed by atoms with van der Waals surface area (Å²) in [5.41, 5.74) is 7.63. The molecule has 1 fully saturated rings. The van der Waals surface area contributed by atoms with E-state index >= 15 is 0 Å². The molecule has 0 amide bonds. The minimum absolute atomic E-state index is 0.0169. The van der Waals surface area contributed by atoms with E-state index in [1.165, 1.54) is 48.9 Å². The molecule has 2 nitrogen and oxygen atoms in total. The summed E-state index contributed by atoms with van der Waals surface area (Å²) < 4.78 is 0. The molecule has 1 aliphatic heterocycles. The molecule has 1 heterocycles. The molecule has 0 bridgehead atoms. The van der Waals surface area contributed by atoms with E-state index in [0.29, 0.717) is 0 Å². The van der Waals surface area contributed by atoms with Crippen molar-refractivity contribution in [2.75, 3.05) is 0 Å². The van der Waals surface area contributed by atoms with Gasteiger partial charge in [-0.1, -0.05) is 79.9 Å². The molecule has 2 heteroatoms. The number of hydrogen-bond acceptors (Lipinski definition) is 2. The van der Waals surface area contributed by atoms with Crippen LogP contribution in [0.15, 0.2) is 65.8 Å². The first kappa shape index (κ1) is 14.5. The predicted molar refractivity (Wildman–Crippen MR) is 95.6 cm³/mol. The van der Waals surface area contributed by atoms with Gasteiger partial charge < -0.3 is 5.43 Å². The van der Waals surface area contributed by atoms with Crippen molar-refractivity contribution >= 4 is 5.71 Å². The number of nitrogens with zero attached hydrogens (tertiary/aromatic N) is 1. The van der Waals surface area contributed by atoms with Gasteiger partial charge in [0.15, 0.2) is 0 Å². The van der Waals surface area contributed by atoms with Crippen LogP contribution in [0, 0.1) is 0 Å². The summed E-state index contributed by atoms with van der Waals surface area (Å²) in [6.07, 6.45) is 7.51. The van der Waals surface area contributed by atoms with E-state index in [0.717, 1.165) is 6.42 Å². The smallest absolute Gasteiger partial charge is 0.0839 e. The van der Waals surface area contributed by atoms with Crippen molar-refractivity contribution in [3.63, 3.8) is 0 Å². The highest BCUT2D eigenvalue weighted by atomic mass is 15.3. The Morgan fingerprint density at radius 1 is 0.826 bits per heavy atom. The summed E-state index contributed by atoms with van der Waals surface area (Å²) in [5, 5.41) is 4.83. The summed E-state index contributed by atoms with van der Waals surface area (Å²) in [4.78, 5) is 0. The largest absolute Gasteiger partial charge is 0.301 e. The third-order valence-corrected chi connectivity index (χ3v) is 5.49. The fourth-order valence-electron chi connectivity index (χ4n) is 4.35. The zero-order valence-electron chi connectivity index (χ0n) is 13.5. The molecule has 2 aromatic rings. The lowest BCUT2D eigenvalue weighted by Crippen LogP contribution is -2.41. The maximum absolute atomic E-state index is 4.83. The minimum Gasteiger partial charge on any atom is -0.301 e. The van der Waals surface area contributed by atoms with Crippen molar-refractivity contribution in [2.45, 2.75) is 50.0 Å². The summed E-state index contributed by atoms with van der Waals surface area (Å²) in [7, 11) is 0.